The van der Waals surface area contributed by atoms with Crippen molar-refractivity contribution in [2.75, 3.05) is 6.54 Å². The minimum Gasteiger partial charge on any atom is -0.479 e. The Bertz CT molecular complexity index is 312. The van der Waals surface area contributed by atoms with Crippen LogP contribution in [-0.2, 0) is 9.59 Å². The van der Waals surface area contributed by atoms with E-state index in [1.54, 1.807) is 12.4 Å². The molecule has 0 aliphatic carbocycles. The number of carboxylic acid groups (broad SMARTS) is 1. The first kappa shape index (κ1) is 10.6. The maximum absolute atomic E-state index is 10.9. The predicted octanol–water partition coefficient (Wildman–Crippen LogP) is 0.747. The first-order valence-electron chi connectivity index (χ1n) is 4.03. The largest absolute Gasteiger partial charge is 0.479 e. The number of hydrogen-bond acceptors (Lipinski definition) is 4. The van der Waals surface area contributed by atoms with Gasteiger partial charge in [-0.1, -0.05) is 0 Å². The van der Waals surface area contributed by atoms with Crippen molar-refractivity contribution in [3.63, 3.8) is 0 Å². The third kappa shape index (κ3) is 2.08. The molecule has 1 amide bonds. The van der Waals surface area contributed by atoms with E-state index in [9.17, 15) is 9.59 Å². The van der Waals surface area contributed by atoms with Crippen molar-refractivity contribution >= 4 is 23.7 Å². The second-order valence-corrected chi connectivity index (χ2v) is 3.50. The summed E-state index contributed by atoms with van der Waals surface area (Å²) in [5.74, 6) is -1.04. The summed E-state index contributed by atoms with van der Waals surface area (Å²) < 4.78 is 0. The molecule has 1 atom stereocenters. The highest BCUT2D eigenvalue weighted by Gasteiger charge is 2.26. The standard InChI is InChI=1S/C8H10N2O3S/c1-2-10(5-11)7(8(12)13)6-3-9-4-14-6/h3-5,7H,2H2,1H3,(H,12,13). The van der Waals surface area contributed by atoms with Gasteiger partial charge in [-0.25, -0.2) is 4.79 Å². The number of carbonyl (C=O) groups is 2. The van der Waals surface area contributed by atoms with Crippen LogP contribution in [0.1, 0.15) is 17.8 Å². The molecular weight excluding hydrogens is 204 g/mol. The zero-order valence-electron chi connectivity index (χ0n) is 7.58. The molecule has 0 aliphatic heterocycles. The molecule has 1 aromatic rings. The van der Waals surface area contributed by atoms with Gasteiger partial charge in [-0.05, 0) is 6.92 Å². The second-order valence-electron chi connectivity index (χ2n) is 2.58. The quantitative estimate of drug-likeness (QED) is 0.734. The number of thiazole rings is 1. The molecule has 1 aromatic heterocycles. The Morgan fingerprint density at radius 3 is 2.93 bits per heavy atom. The van der Waals surface area contributed by atoms with Crippen LogP contribution in [0.4, 0.5) is 0 Å². The fourth-order valence-corrected chi connectivity index (χ4v) is 1.84. The fraction of sp³-hybridized carbons (Fsp3) is 0.375. The van der Waals surface area contributed by atoms with E-state index >= 15 is 0 Å². The van der Waals surface area contributed by atoms with E-state index in [2.05, 4.69) is 4.98 Å². The monoisotopic (exact) mass is 214 g/mol. The molecule has 1 heterocycles. The van der Waals surface area contributed by atoms with Gasteiger partial charge in [-0.3, -0.25) is 9.78 Å². The molecule has 6 heteroatoms. The van der Waals surface area contributed by atoms with Crippen LogP contribution < -0.4 is 0 Å². The highest BCUT2D eigenvalue weighted by molar-refractivity contribution is 7.09. The van der Waals surface area contributed by atoms with Gasteiger partial charge in [0.1, 0.15) is 0 Å². The zero-order valence-corrected chi connectivity index (χ0v) is 8.40. The molecule has 0 aromatic carbocycles. The molecule has 0 spiro atoms. The number of carbonyl (C=O) groups excluding carboxylic acids is 1. The first-order valence-corrected chi connectivity index (χ1v) is 4.91. The number of carboxylic acids is 1. The predicted molar refractivity (Wildman–Crippen MR) is 50.9 cm³/mol. The Hall–Kier alpha value is -1.43. The number of aromatic nitrogens is 1. The summed E-state index contributed by atoms with van der Waals surface area (Å²) in [7, 11) is 0. The van der Waals surface area contributed by atoms with Gasteiger partial charge in [0, 0.05) is 12.7 Å². The van der Waals surface area contributed by atoms with Gasteiger partial charge < -0.3 is 10.0 Å². The third-order valence-corrected chi connectivity index (χ3v) is 2.61. The topological polar surface area (TPSA) is 70.5 Å². The van der Waals surface area contributed by atoms with E-state index in [-0.39, 0.29) is 0 Å². The lowest BCUT2D eigenvalue weighted by Gasteiger charge is -2.21. The van der Waals surface area contributed by atoms with Gasteiger partial charge in [-0.15, -0.1) is 11.3 Å². The maximum Gasteiger partial charge on any atom is 0.332 e. The molecule has 0 saturated heterocycles. The van der Waals surface area contributed by atoms with E-state index in [0.717, 1.165) is 0 Å². The number of rotatable bonds is 5. The molecular formula is C8H10N2O3S. The van der Waals surface area contributed by atoms with Gasteiger partial charge in [-0.2, -0.15) is 0 Å². The van der Waals surface area contributed by atoms with E-state index in [1.807, 2.05) is 0 Å². The number of nitrogens with zero attached hydrogens (tertiary/aromatic N) is 2. The minimum absolute atomic E-state index is 0.359. The molecule has 0 bridgehead atoms. The molecule has 5 nitrogen and oxygen atoms in total. The van der Waals surface area contributed by atoms with Gasteiger partial charge in [0.2, 0.25) is 6.41 Å². The summed E-state index contributed by atoms with van der Waals surface area (Å²) >= 11 is 1.23. The Balaban J connectivity index is 2.95. The van der Waals surface area contributed by atoms with E-state index in [0.29, 0.717) is 17.8 Å². The molecule has 14 heavy (non-hydrogen) atoms. The van der Waals surface area contributed by atoms with Crippen LogP contribution in [0.15, 0.2) is 11.7 Å². The van der Waals surface area contributed by atoms with E-state index < -0.39 is 12.0 Å². The van der Waals surface area contributed by atoms with E-state index in [4.69, 9.17) is 5.11 Å². The molecule has 76 valence electrons. The van der Waals surface area contributed by atoms with Crippen molar-refractivity contribution in [2.45, 2.75) is 13.0 Å². The Morgan fingerprint density at radius 1 is 1.86 bits per heavy atom. The third-order valence-electron chi connectivity index (χ3n) is 1.79. The van der Waals surface area contributed by atoms with Gasteiger partial charge >= 0.3 is 5.97 Å². The average Bonchev–Trinajstić information content (AvgIpc) is 2.65. The van der Waals surface area contributed by atoms with Crippen molar-refractivity contribution in [1.29, 1.82) is 0 Å². The lowest BCUT2D eigenvalue weighted by molar-refractivity contribution is -0.146. The zero-order chi connectivity index (χ0) is 10.6. The smallest absolute Gasteiger partial charge is 0.332 e. The van der Waals surface area contributed by atoms with E-state index in [1.165, 1.54) is 22.4 Å². The van der Waals surface area contributed by atoms with Crippen LogP contribution in [0.25, 0.3) is 0 Å². The van der Waals surface area contributed by atoms with Crippen LogP contribution in [0, 0.1) is 0 Å². The van der Waals surface area contributed by atoms with Crippen LogP contribution in [0.3, 0.4) is 0 Å². The minimum atomic E-state index is -1.04. The first-order chi connectivity index (χ1) is 6.70. The Morgan fingerprint density at radius 2 is 2.57 bits per heavy atom. The summed E-state index contributed by atoms with van der Waals surface area (Å²) in [6.07, 6.45) is 2.01. The highest BCUT2D eigenvalue weighted by Crippen LogP contribution is 2.22. The highest BCUT2D eigenvalue weighted by atomic mass is 32.1. The lowest BCUT2D eigenvalue weighted by Crippen LogP contribution is -2.32. The van der Waals surface area contributed by atoms with Crippen molar-refractivity contribution < 1.29 is 14.7 Å². The summed E-state index contributed by atoms with van der Waals surface area (Å²) in [4.78, 5) is 27.1. The summed E-state index contributed by atoms with van der Waals surface area (Å²) in [6.45, 7) is 2.09. The van der Waals surface area contributed by atoms with Crippen molar-refractivity contribution in [1.82, 2.24) is 9.88 Å². The van der Waals surface area contributed by atoms with Gasteiger partial charge in [0.15, 0.2) is 6.04 Å². The Kier molecular flexibility index (Phi) is 3.58. The van der Waals surface area contributed by atoms with Gasteiger partial charge in [0.05, 0.1) is 10.4 Å². The Labute approximate surface area is 85.0 Å². The van der Waals surface area contributed by atoms with Crippen LogP contribution in [0.2, 0.25) is 0 Å². The number of aliphatic carboxylic acids is 1. The van der Waals surface area contributed by atoms with Gasteiger partial charge in [0.25, 0.3) is 0 Å². The maximum atomic E-state index is 10.9. The normalized spacial score (nSPS) is 12.1. The fourth-order valence-electron chi connectivity index (χ4n) is 1.11. The lowest BCUT2D eigenvalue weighted by atomic mass is 10.2. The molecule has 0 aliphatic rings. The van der Waals surface area contributed by atoms with Crippen LogP contribution >= 0.6 is 11.3 Å². The average molecular weight is 214 g/mol. The second kappa shape index (κ2) is 4.71. The number of hydrogen-bond donors (Lipinski definition) is 1. The van der Waals surface area contributed by atoms with Crippen molar-refractivity contribution in [3.05, 3.63) is 16.6 Å². The number of amides is 1. The molecule has 0 radical (unpaired) electrons. The SMILES string of the molecule is CCN(C=O)C(C(=O)O)c1cncs1. The van der Waals surface area contributed by atoms with Crippen LogP contribution in [-0.4, -0.2) is 33.9 Å². The van der Waals surface area contributed by atoms with Crippen molar-refractivity contribution in [3.8, 4) is 0 Å². The molecule has 1 rings (SSSR count). The molecule has 1 unspecified atom stereocenters. The summed E-state index contributed by atoms with van der Waals surface area (Å²) in [6, 6.07) is -0.912. The summed E-state index contributed by atoms with van der Waals surface area (Å²) in [5, 5.41) is 8.96. The number of likely N-dealkylation sites (N-methyl/N-ethyl adjacent to an activating group) is 1. The molecule has 0 fully saturated rings. The summed E-state index contributed by atoms with van der Waals surface area (Å²) in [5.41, 5.74) is 1.55. The van der Waals surface area contributed by atoms with Crippen molar-refractivity contribution in [2.24, 2.45) is 0 Å². The molecule has 1 N–H and O–H groups in total. The molecule has 0 saturated carbocycles. The van der Waals surface area contributed by atoms with Crippen LogP contribution in [0.5, 0.6) is 0 Å².